The van der Waals surface area contributed by atoms with Gasteiger partial charge in [0.1, 0.15) is 0 Å². The van der Waals surface area contributed by atoms with E-state index >= 15 is 0 Å². The number of hydrogen-bond donors (Lipinski definition) is 0. The average molecular weight is 273 g/mol. The molecule has 0 saturated carbocycles. The molecule has 1 atom stereocenters. The first-order valence-corrected chi connectivity index (χ1v) is 4.75. The monoisotopic (exact) mass is 272 g/mol. The maximum atomic E-state index is 13.6. The quantitative estimate of drug-likeness (QED) is 0.520. The van der Waals surface area contributed by atoms with Crippen LogP contribution in [-0.4, -0.2) is 22.2 Å². The maximum absolute atomic E-state index is 13.6. The third kappa shape index (κ3) is 1.91. The van der Waals surface area contributed by atoms with E-state index in [0.29, 0.717) is 0 Å². The summed E-state index contributed by atoms with van der Waals surface area (Å²) in [5.74, 6) is -4.40. The van der Waals surface area contributed by atoms with Gasteiger partial charge >= 0.3 is 12.0 Å². The minimum absolute atomic E-state index is 0.847. The van der Waals surface area contributed by atoms with Crippen LogP contribution in [0.15, 0.2) is 0 Å². The van der Waals surface area contributed by atoms with Crippen LogP contribution in [0.5, 0.6) is 0 Å². The summed E-state index contributed by atoms with van der Waals surface area (Å²) in [4.78, 5) is 0. The molecule has 0 amide bonds. The van der Waals surface area contributed by atoms with Gasteiger partial charge in [0.2, 0.25) is 0 Å². The summed E-state index contributed by atoms with van der Waals surface area (Å²) in [7, 11) is 0. The summed E-state index contributed by atoms with van der Waals surface area (Å²) in [6.45, 7) is 0.999. The van der Waals surface area contributed by atoms with Gasteiger partial charge in [0, 0.05) is 0 Å². The van der Waals surface area contributed by atoms with E-state index in [1.807, 2.05) is 0 Å². The molecule has 1 unspecified atom stereocenters. The molecule has 0 spiro atoms. The number of rotatable bonds is 1. The van der Waals surface area contributed by atoms with E-state index in [1.54, 1.807) is 0 Å². The predicted octanol–water partition coefficient (Wildman–Crippen LogP) is 3.88. The van der Waals surface area contributed by atoms with E-state index in [9.17, 15) is 22.0 Å². The Morgan fingerprint density at radius 2 is 1.60 bits per heavy atom. The Kier molecular flexibility index (Phi) is 2.95. The van der Waals surface area contributed by atoms with Crippen molar-refractivity contribution in [1.82, 2.24) is 0 Å². The largest absolute Gasteiger partial charge is 0.361 e. The normalized spacial score (nSPS) is 37.6. The molecular weight excluding hydrogens is 266 g/mol. The molecule has 1 heterocycles. The van der Waals surface area contributed by atoms with Crippen LogP contribution >= 0.6 is 23.2 Å². The fraction of sp³-hybridized carbons (Fsp3) is 1.00. The van der Waals surface area contributed by atoms with Gasteiger partial charge in [-0.1, -0.05) is 30.1 Å². The lowest BCUT2D eigenvalue weighted by Gasteiger charge is -2.46. The Bertz CT molecular complexity index is 270. The molecule has 8 heteroatoms. The summed E-state index contributed by atoms with van der Waals surface area (Å²) in [5.41, 5.74) is -3.49. The van der Waals surface area contributed by atoms with Crippen LogP contribution in [0.2, 0.25) is 0 Å². The summed E-state index contributed by atoms with van der Waals surface area (Å²) in [6, 6.07) is 0. The fourth-order valence-electron chi connectivity index (χ4n) is 1.33. The van der Waals surface area contributed by atoms with Crippen LogP contribution in [0.1, 0.15) is 19.8 Å². The van der Waals surface area contributed by atoms with Crippen LogP contribution in [0.3, 0.4) is 0 Å². The molecule has 0 bridgehead atoms. The zero-order valence-electron chi connectivity index (χ0n) is 7.47. The predicted molar refractivity (Wildman–Crippen MR) is 44.2 cm³/mol. The van der Waals surface area contributed by atoms with Gasteiger partial charge in [-0.3, -0.25) is 4.74 Å². The molecule has 1 nitrogen and oxygen atoms in total. The SMILES string of the molecule is CCC1(F)CC(F)(F)OC(Cl)(Cl)C1(F)F. The molecule has 1 aliphatic heterocycles. The van der Waals surface area contributed by atoms with Crippen LogP contribution in [0.4, 0.5) is 22.0 Å². The van der Waals surface area contributed by atoms with Gasteiger partial charge in [-0.2, -0.15) is 17.6 Å². The van der Waals surface area contributed by atoms with Gasteiger partial charge in [-0.25, -0.2) is 4.39 Å². The van der Waals surface area contributed by atoms with Crippen molar-refractivity contribution in [2.75, 3.05) is 0 Å². The molecule has 1 aliphatic rings. The zero-order chi connectivity index (χ0) is 12.1. The molecule has 0 aromatic rings. The van der Waals surface area contributed by atoms with Crippen molar-refractivity contribution >= 4 is 23.2 Å². The summed E-state index contributed by atoms with van der Waals surface area (Å²) >= 11 is 9.77. The number of alkyl halides is 7. The Morgan fingerprint density at radius 1 is 1.13 bits per heavy atom. The van der Waals surface area contributed by atoms with Gasteiger partial charge in [0.05, 0.1) is 6.42 Å². The lowest BCUT2D eigenvalue weighted by atomic mass is 9.88. The van der Waals surface area contributed by atoms with Gasteiger partial charge in [0.25, 0.3) is 4.52 Å². The second-order valence-electron chi connectivity index (χ2n) is 3.33. The van der Waals surface area contributed by atoms with Crippen LogP contribution < -0.4 is 0 Å². The van der Waals surface area contributed by atoms with E-state index in [-0.39, 0.29) is 0 Å². The summed E-state index contributed by atoms with van der Waals surface area (Å²) < 4.78 is 65.6. The smallest absolute Gasteiger partial charge is 0.277 e. The lowest BCUT2D eigenvalue weighted by molar-refractivity contribution is -0.370. The first-order valence-electron chi connectivity index (χ1n) is 4.00. The molecule has 1 saturated heterocycles. The van der Waals surface area contributed by atoms with Crippen LogP contribution in [0.25, 0.3) is 0 Å². The lowest BCUT2D eigenvalue weighted by Crippen LogP contribution is -2.64. The fourth-order valence-corrected chi connectivity index (χ4v) is 1.90. The van der Waals surface area contributed by atoms with Gasteiger partial charge in [-0.05, 0) is 6.42 Å². The minimum Gasteiger partial charge on any atom is -0.277 e. The van der Waals surface area contributed by atoms with Crippen molar-refractivity contribution in [2.45, 2.75) is 42.0 Å². The second-order valence-corrected chi connectivity index (χ2v) is 4.58. The maximum Gasteiger partial charge on any atom is 0.361 e. The van der Waals surface area contributed by atoms with E-state index < -0.39 is 35.1 Å². The Labute approximate surface area is 92.5 Å². The van der Waals surface area contributed by atoms with Gasteiger partial charge < -0.3 is 0 Å². The molecular formula is C7H7Cl2F5O. The second kappa shape index (κ2) is 3.34. The van der Waals surface area contributed by atoms with Gasteiger partial charge in [-0.15, -0.1) is 0 Å². The number of hydrogen-bond acceptors (Lipinski definition) is 1. The van der Waals surface area contributed by atoms with Crippen LogP contribution in [0, 0.1) is 0 Å². The van der Waals surface area contributed by atoms with Crippen molar-refractivity contribution in [3.8, 4) is 0 Å². The Hall–Kier alpha value is 0.190. The molecule has 0 aliphatic carbocycles. The molecule has 90 valence electrons. The highest BCUT2D eigenvalue weighted by Crippen LogP contribution is 2.58. The first kappa shape index (κ1) is 13.3. The third-order valence-corrected chi connectivity index (χ3v) is 2.88. The van der Waals surface area contributed by atoms with Crippen molar-refractivity contribution in [1.29, 1.82) is 0 Å². The van der Waals surface area contributed by atoms with E-state index in [1.165, 1.54) is 0 Å². The average Bonchev–Trinajstić information content (AvgIpc) is 1.98. The first-order chi connectivity index (χ1) is 6.47. The molecule has 0 aromatic heterocycles. The molecule has 1 rings (SSSR count). The zero-order valence-corrected chi connectivity index (χ0v) is 8.98. The third-order valence-electron chi connectivity index (χ3n) is 2.25. The number of ether oxygens (including phenoxy) is 1. The highest BCUT2D eigenvalue weighted by Gasteiger charge is 2.75. The van der Waals surface area contributed by atoms with Crippen molar-refractivity contribution in [2.24, 2.45) is 0 Å². The Balaban J connectivity index is 3.18. The minimum atomic E-state index is -4.40. The highest BCUT2D eigenvalue weighted by atomic mass is 35.5. The van der Waals surface area contributed by atoms with E-state index in [4.69, 9.17) is 23.2 Å². The molecule has 0 N–H and O–H groups in total. The Morgan fingerprint density at radius 3 is 2.00 bits per heavy atom. The van der Waals surface area contributed by atoms with Crippen molar-refractivity contribution < 1.29 is 26.7 Å². The molecule has 0 radical (unpaired) electrons. The van der Waals surface area contributed by atoms with Crippen molar-refractivity contribution in [3.05, 3.63) is 0 Å². The highest BCUT2D eigenvalue weighted by molar-refractivity contribution is 6.48. The summed E-state index contributed by atoms with van der Waals surface area (Å²) in [5, 5.41) is 0. The molecule has 0 aromatic carbocycles. The molecule has 1 fully saturated rings. The number of halogens is 7. The van der Waals surface area contributed by atoms with Gasteiger partial charge in [0.15, 0.2) is 5.67 Å². The standard InChI is InChI=1S/C7H7Cl2F5O/c1-2-4(10)3-5(11,12)15-7(8,9)6(4,13)14/h2-3H2,1H3. The van der Waals surface area contributed by atoms with E-state index in [0.717, 1.165) is 6.92 Å². The van der Waals surface area contributed by atoms with Crippen LogP contribution in [-0.2, 0) is 4.74 Å². The van der Waals surface area contributed by atoms with Crippen molar-refractivity contribution in [3.63, 3.8) is 0 Å². The van der Waals surface area contributed by atoms with E-state index in [2.05, 4.69) is 4.74 Å². The topological polar surface area (TPSA) is 9.23 Å². The summed E-state index contributed by atoms with van der Waals surface area (Å²) in [6.07, 6.45) is -6.74. The molecule has 15 heavy (non-hydrogen) atoms.